The molecule has 4 nitrogen and oxygen atoms in total. The molecule has 5 rings (SSSR count). The predicted octanol–water partition coefficient (Wildman–Crippen LogP) is 4.49. The summed E-state index contributed by atoms with van der Waals surface area (Å²) in [7, 11) is 0. The Morgan fingerprint density at radius 2 is 2.11 bits per heavy atom. The molecule has 1 unspecified atom stereocenters. The molecule has 1 saturated heterocycles. The normalized spacial score (nSPS) is 19.4. The van der Waals surface area contributed by atoms with Gasteiger partial charge in [0.15, 0.2) is 0 Å². The van der Waals surface area contributed by atoms with E-state index in [9.17, 15) is 4.39 Å². The fourth-order valence-electron chi connectivity index (χ4n) is 4.75. The summed E-state index contributed by atoms with van der Waals surface area (Å²) in [6.07, 6.45) is 7.92. The first kappa shape index (κ1) is 17.1. The van der Waals surface area contributed by atoms with Crippen molar-refractivity contribution in [1.29, 1.82) is 0 Å². The number of pyridine rings is 2. The lowest BCUT2D eigenvalue weighted by Crippen LogP contribution is -2.31. The van der Waals surface area contributed by atoms with Gasteiger partial charge >= 0.3 is 0 Å². The Labute approximate surface area is 163 Å². The standard InChI is InChI=1S/C21H22ClFN4/c22-15-10-17-20-18-2-1-7-26(18)8-6-19(20)27(21(17)25-13-15)9-5-14-3-4-16(11-23)24-12-14/h3-4,10,12-13,18H,1-2,5-9,11H2. The van der Waals surface area contributed by atoms with Gasteiger partial charge in [0.25, 0.3) is 0 Å². The van der Waals surface area contributed by atoms with E-state index in [0.717, 1.165) is 37.1 Å². The predicted molar refractivity (Wildman–Crippen MR) is 105 cm³/mol. The highest BCUT2D eigenvalue weighted by Gasteiger charge is 2.35. The van der Waals surface area contributed by atoms with Gasteiger partial charge in [-0.2, -0.15) is 0 Å². The molecule has 3 aromatic heterocycles. The van der Waals surface area contributed by atoms with Gasteiger partial charge in [-0.05, 0) is 49.1 Å². The number of hydrogen-bond donors (Lipinski definition) is 0. The molecule has 0 spiro atoms. The molecule has 0 amide bonds. The van der Waals surface area contributed by atoms with E-state index in [1.807, 2.05) is 6.07 Å². The van der Waals surface area contributed by atoms with Gasteiger partial charge in [0.2, 0.25) is 0 Å². The van der Waals surface area contributed by atoms with Crippen LogP contribution in [0.3, 0.4) is 0 Å². The highest BCUT2D eigenvalue weighted by molar-refractivity contribution is 6.31. The summed E-state index contributed by atoms with van der Waals surface area (Å²) < 4.78 is 15.1. The van der Waals surface area contributed by atoms with Crippen molar-refractivity contribution in [3.05, 3.63) is 58.1 Å². The van der Waals surface area contributed by atoms with Crippen LogP contribution in [-0.4, -0.2) is 32.5 Å². The van der Waals surface area contributed by atoms with E-state index < -0.39 is 6.67 Å². The van der Waals surface area contributed by atoms with Crippen LogP contribution in [0, 0.1) is 0 Å². The monoisotopic (exact) mass is 384 g/mol. The van der Waals surface area contributed by atoms with Crippen molar-refractivity contribution in [1.82, 2.24) is 19.4 Å². The Morgan fingerprint density at radius 3 is 2.93 bits per heavy atom. The molecule has 27 heavy (non-hydrogen) atoms. The average molecular weight is 385 g/mol. The van der Waals surface area contributed by atoms with Crippen molar-refractivity contribution in [3.8, 4) is 0 Å². The van der Waals surface area contributed by atoms with Crippen LogP contribution >= 0.6 is 11.6 Å². The number of fused-ring (bicyclic) bond motifs is 5. The third-order valence-electron chi connectivity index (χ3n) is 6.00. The molecule has 0 bridgehead atoms. The van der Waals surface area contributed by atoms with Crippen LogP contribution < -0.4 is 0 Å². The minimum Gasteiger partial charge on any atom is -0.329 e. The molecule has 1 fully saturated rings. The van der Waals surface area contributed by atoms with Crippen LogP contribution in [0.4, 0.5) is 4.39 Å². The Balaban J connectivity index is 1.53. The lowest BCUT2D eigenvalue weighted by molar-refractivity contribution is 0.242. The quantitative estimate of drug-likeness (QED) is 0.664. The lowest BCUT2D eigenvalue weighted by Gasteiger charge is -2.30. The number of halogens is 2. The molecule has 2 aliphatic rings. The topological polar surface area (TPSA) is 34.0 Å². The molecule has 1 atom stereocenters. The zero-order valence-corrected chi connectivity index (χ0v) is 15.9. The molecule has 140 valence electrons. The Morgan fingerprint density at radius 1 is 1.19 bits per heavy atom. The number of rotatable bonds is 4. The third kappa shape index (κ3) is 2.93. The fraction of sp³-hybridized carbons (Fsp3) is 0.429. The molecule has 2 aliphatic heterocycles. The minimum absolute atomic E-state index is 0.486. The van der Waals surface area contributed by atoms with E-state index in [1.54, 1.807) is 18.5 Å². The van der Waals surface area contributed by atoms with Crippen LogP contribution in [0.2, 0.25) is 5.02 Å². The van der Waals surface area contributed by atoms with Gasteiger partial charge in [-0.1, -0.05) is 17.7 Å². The largest absolute Gasteiger partial charge is 0.329 e. The van der Waals surface area contributed by atoms with Gasteiger partial charge in [0.1, 0.15) is 12.3 Å². The van der Waals surface area contributed by atoms with Gasteiger partial charge < -0.3 is 4.57 Å². The minimum atomic E-state index is -0.515. The summed E-state index contributed by atoms with van der Waals surface area (Å²) in [6.45, 7) is 2.65. The summed E-state index contributed by atoms with van der Waals surface area (Å²) >= 11 is 6.29. The third-order valence-corrected chi connectivity index (χ3v) is 6.20. The van der Waals surface area contributed by atoms with Crippen molar-refractivity contribution in [2.45, 2.75) is 44.9 Å². The van der Waals surface area contributed by atoms with E-state index in [0.29, 0.717) is 16.8 Å². The van der Waals surface area contributed by atoms with Crippen molar-refractivity contribution in [3.63, 3.8) is 0 Å². The number of aromatic nitrogens is 3. The first-order chi connectivity index (χ1) is 13.2. The fourth-order valence-corrected chi connectivity index (χ4v) is 4.91. The summed E-state index contributed by atoms with van der Waals surface area (Å²) in [5, 5.41) is 1.91. The second kappa shape index (κ2) is 6.88. The van der Waals surface area contributed by atoms with E-state index >= 15 is 0 Å². The zero-order valence-electron chi connectivity index (χ0n) is 15.2. The molecule has 6 heteroatoms. The molecule has 5 heterocycles. The Kier molecular flexibility index (Phi) is 4.37. The molecule has 0 aromatic carbocycles. The van der Waals surface area contributed by atoms with E-state index in [2.05, 4.69) is 25.5 Å². The highest BCUT2D eigenvalue weighted by Crippen LogP contribution is 2.43. The van der Waals surface area contributed by atoms with Crippen LogP contribution in [0.25, 0.3) is 11.0 Å². The summed E-state index contributed by atoms with van der Waals surface area (Å²) in [4.78, 5) is 11.5. The maximum atomic E-state index is 12.7. The lowest BCUT2D eigenvalue weighted by atomic mass is 9.96. The molecule has 3 aromatic rings. The maximum Gasteiger partial charge on any atom is 0.140 e. The van der Waals surface area contributed by atoms with Gasteiger partial charge in [-0.15, -0.1) is 0 Å². The van der Waals surface area contributed by atoms with E-state index in [4.69, 9.17) is 11.6 Å². The second-order valence-corrected chi connectivity index (χ2v) is 7.96. The molecular formula is C21H22ClFN4. The maximum absolute atomic E-state index is 12.7. The number of nitrogens with zero attached hydrogens (tertiary/aromatic N) is 4. The Hall–Kier alpha value is -1.98. The zero-order chi connectivity index (χ0) is 18.4. The molecule has 0 aliphatic carbocycles. The van der Waals surface area contributed by atoms with Crippen molar-refractivity contribution < 1.29 is 4.39 Å². The first-order valence-electron chi connectivity index (χ1n) is 9.65. The van der Waals surface area contributed by atoms with E-state index in [-0.39, 0.29) is 0 Å². The van der Waals surface area contributed by atoms with Gasteiger partial charge in [0, 0.05) is 49.0 Å². The summed E-state index contributed by atoms with van der Waals surface area (Å²) in [6, 6.07) is 6.33. The average Bonchev–Trinajstić information content (AvgIpc) is 3.28. The molecular weight excluding hydrogens is 363 g/mol. The van der Waals surface area contributed by atoms with Crippen molar-refractivity contribution in [2.24, 2.45) is 0 Å². The first-order valence-corrected chi connectivity index (χ1v) is 10.0. The second-order valence-electron chi connectivity index (χ2n) is 7.52. The van der Waals surface area contributed by atoms with Crippen LogP contribution in [0.5, 0.6) is 0 Å². The van der Waals surface area contributed by atoms with Crippen LogP contribution in [-0.2, 0) is 26.1 Å². The molecule has 0 N–H and O–H groups in total. The smallest absolute Gasteiger partial charge is 0.140 e. The van der Waals surface area contributed by atoms with Gasteiger partial charge in [-0.3, -0.25) is 9.88 Å². The van der Waals surface area contributed by atoms with Crippen LogP contribution in [0.15, 0.2) is 30.6 Å². The van der Waals surface area contributed by atoms with E-state index in [1.165, 1.54) is 36.0 Å². The number of alkyl halides is 1. The number of aryl methyl sites for hydroxylation is 2. The SMILES string of the molecule is FCc1ccc(CCn2c3c(c4cc(Cl)cnc42)C2CCCN2CC3)cn1. The summed E-state index contributed by atoms with van der Waals surface area (Å²) in [5.74, 6) is 0. The summed E-state index contributed by atoms with van der Waals surface area (Å²) in [5.41, 5.74) is 5.49. The highest BCUT2D eigenvalue weighted by atomic mass is 35.5. The van der Waals surface area contributed by atoms with Crippen molar-refractivity contribution >= 4 is 22.6 Å². The van der Waals surface area contributed by atoms with Crippen LogP contribution in [0.1, 0.15) is 41.4 Å². The van der Waals surface area contributed by atoms with Gasteiger partial charge in [-0.25, -0.2) is 9.37 Å². The number of hydrogen-bond acceptors (Lipinski definition) is 3. The molecule has 0 saturated carbocycles. The Bertz CT molecular complexity index is 982. The molecule has 0 radical (unpaired) electrons. The van der Waals surface area contributed by atoms with Gasteiger partial charge in [0.05, 0.1) is 10.7 Å². The van der Waals surface area contributed by atoms with Crippen molar-refractivity contribution in [2.75, 3.05) is 13.1 Å².